The number of hydrogen-bond acceptors (Lipinski definition) is 6. The Morgan fingerprint density at radius 1 is 1.36 bits per heavy atom. The standard InChI is InChI=1S/C16H15N5O4/c1-2-13(15(22)23)20-14-12(4-3-9-17-14)19-16(20)18-10-5-7-11(8-6-10)21(24)25/h3-9,13H,2H2,1H3,(H,18,19)(H,22,23). The van der Waals surface area contributed by atoms with Crippen molar-refractivity contribution < 1.29 is 14.8 Å². The van der Waals surface area contributed by atoms with E-state index in [9.17, 15) is 20.0 Å². The summed E-state index contributed by atoms with van der Waals surface area (Å²) >= 11 is 0. The minimum atomic E-state index is -0.987. The largest absolute Gasteiger partial charge is 0.480 e. The van der Waals surface area contributed by atoms with Crippen LogP contribution in [0.4, 0.5) is 17.3 Å². The molecule has 1 unspecified atom stereocenters. The Morgan fingerprint density at radius 3 is 2.68 bits per heavy atom. The number of nitrogens with zero attached hydrogens (tertiary/aromatic N) is 4. The molecule has 0 fully saturated rings. The molecule has 0 saturated carbocycles. The summed E-state index contributed by atoms with van der Waals surface area (Å²) in [6.07, 6.45) is 1.93. The number of nitro groups is 1. The fourth-order valence-electron chi connectivity index (χ4n) is 2.58. The smallest absolute Gasteiger partial charge is 0.326 e. The third-order valence-electron chi connectivity index (χ3n) is 3.77. The van der Waals surface area contributed by atoms with Crippen molar-refractivity contribution >= 4 is 34.5 Å². The highest BCUT2D eigenvalue weighted by molar-refractivity contribution is 5.81. The van der Waals surface area contributed by atoms with Gasteiger partial charge in [-0.05, 0) is 30.7 Å². The van der Waals surface area contributed by atoms with Crippen LogP contribution in [-0.2, 0) is 4.79 Å². The number of carbonyl (C=O) groups is 1. The maximum Gasteiger partial charge on any atom is 0.326 e. The van der Waals surface area contributed by atoms with E-state index >= 15 is 0 Å². The first-order valence-electron chi connectivity index (χ1n) is 7.58. The highest BCUT2D eigenvalue weighted by atomic mass is 16.6. The van der Waals surface area contributed by atoms with E-state index < -0.39 is 16.9 Å². The third-order valence-corrected chi connectivity index (χ3v) is 3.77. The number of rotatable bonds is 6. The van der Waals surface area contributed by atoms with Gasteiger partial charge in [-0.15, -0.1) is 0 Å². The van der Waals surface area contributed by atoms with Gasteiger partial charge in [-0.25, -0.2) is 14.8 Å². The van der Waals surface area contributed by atoms with E-state index in [2.05, 4.69) is 15.3 Å². The number of nitrogens with one attached hydrogen (secondary N) is 1. The fourth-order valence-corrected chi connectivity index (χ4v) is 2.58. The van der Waals surface area contributed by atoms with E-state index in [1.54, 1.807) is 25.3 Å². The average Bonchev–Trinajstić information content (AvgIpc) is 2.94. The summed E-state index contributed by atoms with van der Waals surface area (Å²) in [6.45, 7) is 1.77. The van der Waals surface area contributed by atoms with Gasteiger partial charge in [-0.3, -0.25) is 14.7 Å². The van der Waals surface area contributed by atoms with Crippen molar-refractivity contribution in [3.63, 3.8) is 0 Å². The van der Waals surface area contributed by atoms with E-state index in [1.165, 1.54) is 28.8 Å². The Bertz CT molecular complexity index is 935. The highest BCUT2D eigenvalue weighted by Crippen LogP contribution is 2.28. The number of carboxylic acid groups (broad SMARTS) is 1. The number of imidazole rings is 1. The van der Waals surface area contributed by atoms with Gasteiger partial charge in [0.25, 0.3) is 5.69 Å². The number of aliphatic carboxylic acids is 1. The van der Waals surface area contributed by atoms with Crippen molar-refractivity contribution in [2.24, 2.45) is 0 Å². The molecule has 128 valence electrons. The van der Waals surface area contributed by atoms with E-state index in [1.807, 2.05) is 0 Å². The Morgan fingerprint density at radius 2 is 2.08 bits per heavy atom. The van der Waals surface area contributed by atoms with Crippen molar-refractivity contribution in [1.29, 1.82) is 0 Å². The number of hydrogen-bond donors (Lipinski definition) is 2. The lowest BCUT2D eigenvalue weighted by molar-refractivity contribution is -0.384. The summed E-state index contributed by atoms with van der Waals surface area (Å²) in [6, 6.07) is 8.43. The molecule has 0 aliphatic rings. The van der Waals surface area contributed by atoms with Gasteiger partial charge in [0.15, 0.2) is 5.65 Å². The quantitative estimate of drug-likeness (QED) is 0.521. The average molecular weight is 341 g/mol. The lowest BCUT2D eigenvalue weighted by atomic mass is 10.2. The van der Waals surface area contributed by atoms with E-state index in [0.717, 1.165) is 0 Å². The maximum absolute atomic E-state index is 11.6. The Balaban J connectivity index is 2.05. The summed E-state index contributed by atoms with van der Waals surface area (Å²) in [7, 11) is 0. The van der Waals surface area contributed by atoms with Crippen molar-refractivity contribution in [2.75, 3.05) is 5.32 Å². The third kappa shape index (κ3) is 3.11. The maximum atomic E-state index is 11.6. The Kier molecular flexibility index (Phi) is 4.29. The van der Waals surface area contributed by atoms with Crippen LogP contribution in [-0.4, -0.2) is 30.5 Å². The summed E-state index contributed by atoms with van der Waals surface area (Å²) < 4.78 is 1.53. The normalized spacial score (nSPS) is 12.0. The van der Waals surface area contributed by atoms with Gasteiger partial charge in [-0.2, -0.15) is 0 Å². The van der Waals surface area contributed by atoms with Gasteiger partial charge in [0.1, 0.15) is 11.6 Å². The second-order valence-electron chi connectivity index (χ2n) is 5.34. The molecule has 2 aromatic heterocycles. The van der Waals surface area contributed by atoms with Crippen LogP contribution in [0.2, 0.25) is 0 Å². The highest BCUT2D eigenvalue weighted by Gasteiger charge is 2.24. The molecule has 0 bridgehead atoms. The molecule has 0 spiro atoms. The van der Waals surface area contributed by atoms with Crippen LogP contribution in [0.25, 0.3) is 11.2 Å². The topological polar surface area (TPSA) is 123 Å². The fraction of sp³-hybridized carbons (Fsp3) is 0.188. The monoisotopic (exact) mass is 341 g/mol. The molecular weight excluding hydrogens is 326 g/mol. The molecule has 25 heavy (non-hydrogen) atoms. The number of benzene rings is 1. The zero-order valence-electron chi connectivity index (χ0n) is 13.3. The number of aromatic nitrogens is 3. The van der Waals surface area contributed by atoms with Crippen molar-refractivity contribution in [1.82, 2.24) is 14.5 Å². The predicted octanol–water partition coefficient (Wildman–Crippen LogP) is 3.12. The summed E-state index contributed by atoms with van der Waals surface area (Å²) in [5.41, 5.74) is 1.55. The molecule has 0 aliphatic carbocycles. The zero-order valence-corrected chi connectivity index (χ0v) is 13.3. The molecule has 0 radical (unpaired) electrons. The SMILES string of the molecule is CCC(C(=O)O)n1c(Nc2ccc([N+](=O)[O-])cc2)nc2cccnc21. The van der Waals surface area contributed by atoms with Crippen LogP contribution in [0.5, 0.6) is 0 Å². The summed E-state index contributed by atoms with van der Waals surface area (Å²) in [4.78, 5) is 30.5. The van der Waals surface area contributed by atoms with Crippen LogP contribution >= 0.6 is 0 Å². The Labute approximate surface area is 142 Å². The minimum absolute atomic E-state index is 0.0299. The zero-order chi connectivity index (χ0) is 18.0. The number of nitro benzene ring substituents is 1. The second kappa shape index (κ2) is 6.56. The minimum Gasteiger partial charge on any atom is -0.480 e. The number of non-ortho nitro benzene ring substituents is 1. The van der Waals surface area contributed by atoms with Crippen LogP contribution < -0.4 is 5.32 Å². The molecular formula is C16H15N5O4. The Hall–Kier alpha value is -3.49. The molecule has 3 rings (SSSR count). The van der Waals surface area contributed by atoms with Gasteiger partial charge in [0.05, 0.1) is 4.92 Å². The van der Waals surface area contributed by atoms with Gasteiger partial charge in [0, 0.05) is 24.0 Å². The summed E-state index contributed by atoms with van der Waals surface area (Å²) in [5.74, 6) is -0.670. The number of anilines is 2. The molecule has 2 heterocycles. The van der Waals surface area contributed by atoms with Gasteiger partial charge >= 0.3 is 5.97 Å². The number of fused-ring (bicyclic) bond motifs is 1. The first-order valence-corrected chi connectivity index (χ1v) is 7.58. The lowest BCUT2D eigenvalue weighted by Gasteiger charge is -2.16. The molecule has 0 saturated heterocycles. The van der Waals surface area contributed by atoms with Crippen molar-refractivity contribution in [3.8, 4) is 0 Å². The molecule has 0 aliphatic heterocycles. The van der Waals surface area contributed by atoms with Crippen LogP contribution in [0, 0.1) is 10.1 Å². The van der Waals surface area contributed by atoms with Crippen LogP contribution in [0.15, 0.2) is 42.6 Å². The first kappa shape index (κ1) is 16.4. The molecule has 1 atom stereocenters. The summed E-state index contributed by atoms with van der Waals surface area (Å²) in [5, 5.41) is 23.3. The van der Waals surface area contributed by atoms with Crippen molar-refractivity contribution in [3.05, 3.63) is 52.7 Å². The first-order chi connectivity index (χ1) is 12.0. The number of pyridine rings is 1. The lowest BCUT2D eigenvalue weighted by Crippen LogP contribution is -2.20. The molecule has 1 aromatic carbocycles. The number of carboxylic acids is 1. The van der Waals surface area contributed by atoms with Crippen molar-refractivity contribution in [2.45, 2.75) is 19.4 Å². The van der Waals surface area contributed by atoms with Gasteiger partial charge < -0.3 is 10.4 Å². The van der Waals surface area contributed by atoms with E-state index in [4.69, 9.17) is 0 Å². The second-order valence-corrected chi connectivity index (χ2v) is 5.34. The van der Waals surface area contributed by atoms with Crippen LogP contribution in [0.1, 0.15) is 19.4 Å². The molecule has 9 heteroatoms. The molecule has 0 amide bonds. The van der Waals surface area contributed by atoms with E-state index in [0.29, 0.717) is 29.2 Å². The molecule has 9 nitrogen and oxygen atoms in total. The van der Waals surface area contributed by atoms with Gasteiger partial charge in [-0.1, -0.05) is 6.92 Å². The van der Waals surface area contributed by atoms with Crippen LogP contribution in [0.3, 0.4) is 0 Å². The molecule has 3 aromatic rings. The van der Waals surface area contributed by atoms with Gasteiger partial charge in [0.2, 0.25) is 5.95 Å². The molecule has 2 N–H and O–H groups in total. The predicted molar refractivity (Wildman–Crippen MR) is 90.9 cm³/mol. The van der Waals surface area contributed by atoms with E-state index in [-0.39, 0.29) is 5.69 Å².